The van der Waals surface area contributed by atoms with Crippen molar-refractivity contribution in [3.63, 3.8) is 0 Å². The number of nitrogens with one attached hydrogen (secondary N) is 1. The zero-order valence-electron chi connectivity index (χ0n) is 11.1. The average molecular weight is 257 g/mol. The first-order valence-corrected chi connectivity index (χ1v) is 6.26. The van der Waals surface area contributed by atoms with Gasteiger partial charge in [0.1, 0.15) is 0 Å². The Morgan fingerprint density at radius 1 is 1.42 bits per heavy atom. The fourth-order valence-electron chi connectivity index (χ4n) is 1.85. The fraction of sp³-hybridized carbons (Fsp3) is 0.267. The summed E-state index contributed by atoms with van der Waals surface area (Å²) < 4.78 is 5.43. The number of hydrogen-bond acceptors (Lipinski definition) is 4. The van der Waals surface area contributed by atoms with Crippen molar-refractivity contribution in [1.29, 1.82) is 0 Å². The van der Waals surface area contributed by atoms with Crippen molar-refractivity contribution >= 4 is 22.1 Å². The smallest absolute Gasteiger partial charge is 0.0672 e. The number of pyridine rings is 1. The third-order valence-corrected chi connectivity index (χ3v) is 2.77. The molecule has 0 bridgehead atoms. The maximum absolute atomic E-state index is 6.14. The van der Waals surface area contributed by atoms with Gasteiger partial charge in [-0.15, -0.1) is 0 Å². The largest absolute Gasteiger partial charge is 0.397 e. The number of ether oxygens (including phenoxy) is 1. The SMILES string of the molecule is C=C(C)COCCNc1ccc2cnccc2c1N. The van der Waals surface area contributed by atoms with Crippen molar-refractivity contribution in [1.82, 2.24) is 4.98 Å². The second-order valence-corrected chi connectivity index (χ2v) is 4.56. The predicted molar refractivity (Wildman–Crippen MR) is 80.3 cm³/mol. The summed E-state index contributed by atoms with van der Waals surface area (Å²) in [6.45, 7) is 7.67. The molecule has 0 fully saturated rings. The average Bonchev–Trinajstić information content (AvgIpc) is 2.41. The molecule has 4 nitrogen and oxygen atoms in total. The molecule has 0 unspecified atom stereocenters. The lowest BCUT2D eigenvalue weighted by Gasteiger charge is -2.11. The van der Waals surface area contributed by atoms with Gasteiger partial charge in [-0.3, -0.25) is 4.98 Å². The van der Waals surface area contributed by atoms with Crippen molar-refractivity contribution in [2.75, 3.05) is 30.8 Å². The van der Waals surface area contributed by atoms with E-state index in [1.54, 1.807) is 6.20 Å². The van der Waals surface area contributed by atoms with Gasteiger partial charge in [-0.1, -0.05) is 18.2 Å². The van der Waals surface area contributed by atoms with Crippen molar-refractivity contribution in [3.8, 4) is 0 Å². The fourth-order valence-corrected chi connectivity index (χ4v) is 1.85. The van der Waals surface area contributed by atoms with E-state index in [0.29, 0.717) is 19.8 Å². The topological polar surface area (TPSA) is 60.2 Å². The molecule has 0 atom stereocenters. The van der Waals surface area contributed by atoms with E-state index in [2.05, 4.69) is 16.9 Å². The molecule has 0 aliphatic carbocycles. The number of rotatable bonds is 6. The summed E-state index contributed by atoms with van der Waals surface area (Å²) in [5.41, 5.74) is 8.84. The van der Waals surface area contributed by atoms with Gasteiger partial charge in [0.05, 0.1) is 24.6 Å². The molecule has 0 amide bonds. The van der Waals surface area contributed by atoms with Crippen LogP contribution in [0.25, 0.3) is 10.8 Å². The van der Waals surface area contributed by atoms with E-state index >= 15 is 0 Å². The van der Waals surface area contributed by atoms with Gasteiger partial charge in [0.25, 0.3) is 0 Å². The van der Waals surface area contributed by atoms with E-state index in [9.17, 15) is 0 Å². The first kappa shape index (κ1) is 13.4. The van der Waals surface area contributed by atoms with E-state index in [0.717, 1.165) is 27.7 Å². The van der Waals surface area contributed by atoms with E-state index in [1.807, 2.05) is 31.3 Å². The third-order valence-electron chi connectivity index (χ3n) is 2.77. The highest BCUT2D eigenvalue weighted by molar-refractivity contribution is 5.98. The van der Waals surface area contributed by atoms with Crippen LogP contribution in [0.1, 0.15) is 6.92 Å². The Morgan fingerprint density at radius 3 is 3.05 bits per heavy atom. The van der Waals surface area contributed by atoms with Crippen molar-refractivity contribution in [2.24, 2.45) is 0 Å². The lowest BCUT2D eigenvalue weighted by molar-refractivity contribution is 0.167. The molecule has 0 spiro atoms. The highest BCUT2D eigenvalue weighted by atomic mass is 16.5. The van der Waals surface area contributed by atoms with Gasteiger partial charge in [0.2, 0.25) is 0 Å². The number of nitrogens with zero attached hydrogens (tertiary/aromatic N) is 1. The van der Waals surface area contributed by atoms with Crippen molar-refractivity contribution in [3.05, 3.63) is 42.7 Å². The molecule has 2 aromatic rings. The Balaban J connectivity index is 1.97. The maximum Gasteiger partial charge on any atom is 0.0672 e. The van der Waals surface area contributed by atoms with Gasteiger partial charge in [0.15, 0.2) is 0 Å². The number of anilines is 2. The molecule has 0 saturated carbocycles. The summed E-state index contributed by atoms with van der Waals surface area (Å²) in [4.78, 5) is 4.08. The van der Waals surface area contributed by atoms with Gasteiger partial charge < -0.3 is 15.8 Å². The summed E-state index contributed by atoms with van der Waals surface area (Å²) >= 11 is 0. The molecule has 1 aromatic heterocycles. The molecule has 0 aliphatic rings. The summed E-state index contributed by atoms with van der Waals surface area (Å²) in [7, 11) is 0. The minimum atomic E-state index is 0.598. The van der Waals surface area contributed by atoms with E-state index in [1.165, 1.54) is 0 Å². The zero-order chi connectivity index (χ0) is 13.7. The molecule has 19 heavy (non-hydrogen) atoms. The molecule has 3 N–H and O–H groups in total. The van der Waals surface area contributed by atoms with Gasteiger partial charge in [-0.25, -0.2) is 0 Å². The number of nitrogen functional groups attached to an aromatic ring is 1. The normalized spacial score (nSPS) is 10.6. The van der Waals surface area contributed by atoms with E-state index in [-0.39, 0.29) is 0 Å². The van der Waals surface area contributed by atoms with Gasteiger partial charge in [-0.2, -0.15) is 0 Å². The Morgan fingerprint density at radius 2 is 2.26 bits per heavy atom. The Labute approximate surface area is 113 Å². The number of fused-ring (bicyclic) bond motifs is 1. The van der Waals surface area contributed by atoms with Crippen LogP contribution in [0, 0.1) is 0 Å². The first-order chi connectivity index (χ1) is 9.18. The maximum atomic E-state index is 6.14. The standard InChI is InChI=1S/C15H19N3O/c1-11(2)10-19-8-7-18-14-4-3-12-9-17-6-5-13(12)15(14)16/h3-6,9,18H,1,7-8,10,16H2,2H3. The van der Waals surface area contributed by atoms with Crippen LogP contribution in [0.2, 0.25) is 0 Å². The molecule has 100 valence electrons. The summed E-state index contributed by atoms with van der Waals surface area (Å²) in [5.74, 6) is 0. The molecular formula is C15H19N3O. The number of hydrogen-bond donors (Lipinski definition) is 2. The second-order valence-electron chi connectivity index (χ2n) is 4.56. The van der Waals surface area contributed by atoms with Crippen LogP contribution >= 0.6 is 0 Å². The predicted octanol–water partition coefficient (Wildman–Crippen LogP) is 2.82. The summed E-state index contributed by atoms with van der Waals surface area (Å²) in [5, 5.41) is 5.34. The summed E-state index contributed by atoms with van der Waals surface area (Å²) in [6, 6.07) is 5.90. The van der Waals surface area contributed by atoms with Crippen molar-refractivity contribution in [2.45, 2.75) is 6.92 Å². The van der Waals surface area contributed by atoms with Crippen LogP contribution in [0.5, 0.6) is 0 Å². The molecule has 0 saturated heterocycles. The Bertz CT molecular complexity index is 581. The van der Waals surface area contributed by atoms with Crippen LogP contribution in [-0.2, 0) is 4.74 Å². The molecule has 4 heteroatoms. The highest BCUT2D eigenvalue weighted by Crippen LogP contribution is 2.27. The van der Waals surface area contributed by atoms with Crippen LogP contribution < -0.4 is 11.1 Å². The molecule has 0 radical (unpaired) electrons. The van der Waals surface area contributed by atoms with Crippen molar-refractivity contribution < 1.29 is 4.74 Å². The van der Waals surface area contributed by atoms with Gasteiger partial charge in [-0.05, 0) is 19.1 Å². The molecule has 1 aromatic carbocycles. The van der Waals surface area contributed by atoms with E-state index < -0.39 is 0 Å². The highest BCUT2D eigenvalue weighted by Gasteiger charge is 2.03. The lowest BCUT2D eigenvalue weighted by atomic mass is 10.1. The molecular weight excluding hydrogens is 238 g/mol. The number of aromatic nitrogens is 1. The zero-order valence-corrected chi connectivity index (χ0v) is 11.1. The second kappa shape index (κ2) is 6.20. The first-order valence-electron chi connectivity index (χ1n) is 6.26. The summed E-state index contributed by atoms with van der Waals surface area (Å²) in [6.07, 6.45) is 3.56. The minimum absolute atomic E-state index is 0.598. The van der Waals surface area contributed by atoms with Crippen LogP contribution in [-0.4, -0.2) is 24.7 Å². The Hall–Kier alpha value is -2.07. The Kier molecular flexibility index (Phi) is 4.36. The van der Waals surface area contributed by atoms with E-state index in [4.69, 9.17) is 10.5 Å². The molecule has 0 aliphatic heterocycles. The van der Waals surface area contributed by atoms with Crippen LogP contribution in [0.4, 0.5) is 11.4 Å². The monoisotopic (exact) mass is 257 g/mol. The van der Waals surface area contributed by atoms with Gasteiger partial charge in [0, 0.05) is 29.7 Å². The molecule has 1 heterocycles. The number of nitrogens with two attached hydrogens (primary N) is 1. The quantitative estimate of drug-likeness (QED) is 0.474. The minimum Gasteiger partial charge on any atom is -0.397 e. The molecule has 2 rings (SSSR count). The number of benzene rings is 1. The third kappa shape index (κ3) is 3.45. The lowest BCUT2D eigenvalue weighted by Crippen LogP contribution is -2.11. The van der Waals surface area contributed by atoms with Crippen LogP contribution in [0.15, 0.2) is 42.7 Å². The van der Waals surface area contributed by atoms with Gasteiger partial charge >= 0.3 is 0 Å². The van der Waals surface area contributed by atoms with Crippen LogP contribution in [0.3, 0.4) is 0 Å².